The number of halogens is 2. The maximum Gasteiger partial charge on any atom is 0.265 e. The molecule has 4 aromatic rings. The van der Waals surface area contributed by atoms with Crippen LogP contribution in [0.1, 0.15) is 5.56 Å². The summed E-state index contributed by atoms with van der Waals surface area (Å²) < 4.78 is 2.14. The van der Waals surface area contributed by atoms with Crippen molar-refractivity contribution in [2.75, 3.05) is 5.43 Å². The minimum absolute atomic E-state index is 0.343. The highest BCUT2D eigenvalue weighted by molar-refractivity contribution is 14.1. The first-order valence-electron chi connectivity index (χ1n) is 7.05. The van der Waals surface area contributed by atoms with Crippen molar-refractivity contribution in [3.05, 3.63) is 56.1 Å². The molecule has 0 bridgehead atoms. The lowest BCUT2D eigenvalue weighted by Crippen LogP contribution is -1.99. The van der Waals surface area contributed by atoms with Crippen LogP contribution in [0, 0.1) is 3.57 Å². The molecule has 6 nitrogen and oxygen atoms in total. The number of anilines is 1. The zero-order valence-corrected chi connectivity index (χ0v) is 15.9. The zero-order chi connectivity index (χ0) is 16.5. The number of rotatable bonds is 3. The lowest BCUT2D eigenvalue weighted by atomic mass is 10.2. The zero-order valence-electron chi connectivity index (χ0n) is 12.2. The number of hydrogen-bond donors (Lipinski definition) is 2. The SMILES string of the molecule is Brc1ccc2[nH]c3nc(NN=Cc4cccc(I)c4)nnc3c2c1. The van der Waals surface area contributed by atoms with E-state index in [-0.39, 0.29) is 0 Å². The average molecular weight is 493 g/mol. The highest BCUT2D eigenvalue weighted by Gasteiger charge is 2.09. The van der Waals surface area contributed by atoms with E-state index in [0.29, 0.717) is 11.6 Å². The maximum absolute atomic E-state index is 4.42. The fraction of sp³-hybridized carbons (Fsp3) is 0. The highest BCUT2D eigenvalue weighted by atomic mass is 127. The Bertz CT molecular complexity index is 1070. The lowest BCUT2D eigenvalue weighted by molar-refractivity contribution is 1.01. The van der Waals surface area contributed by atoms with Crippen molar-refractivity contribution in [3.63, 3.8) is 0 Å². The molecule has 0 saturated carbocycles. The Morgan fingerprint density at radius 2 is 2.08 bits per heavy atom. The normalized spacial score (nSPS) is 11.6. The topological polar surface area (TPSA) is 78.9 Å². The summed E-state index contributed by atoms with van der Waals surface area (Å²) in [6.45, 7) is 0. The minimum atomic E-state index is 0.343. The van der Waals surface area contributed by atoms with Crippen LogP contribution >= 0.6 is 38.5 Å². The average Bonchev–Trinajstić information content (AvgIpc) is 2.92. The van der Waals surface area contributed by atoms with Gasteiger partial charge in [-0.25, -0.2) is 5.43 Å². The Kier molecular flexibility index (Phi) is 4.15. The molecule has 2 aromatic heterocycles. The van der Waals surface area contributed by atoms with Crippen LogP contribution in [0.2, 0.25) is 0 Å². The minimum Gasteiger partial charge on any atom is -0.338 e. The van der Waals surface area contributed by atoms with Crippen molar-refractivity contribution in [1.29, 1.82) is 0 Å². The summed E-state index contributed by atoms with van der Waals surface area (Å²) in [6.07, 6.45) is 1.72. The monoisotopic (exact) mass is 492 g/mol. The molecular formula is C16H10BrIN6. The Labute approximate surface area is 159 Å². The molecule has 0 aliphatic heterocycles. The van der Waals surface area contributed by atoms with E-state index in [4.69, 9.17) is 0 Å². The molecule has 0 aliphatic carbocycles. The molecule has 24 heavy (non-hydrogen) atoms. The van der Waals surface area contributed by atoms with Crippen molar-refractivity contribution >= 4 is 72.8 Å². The molecule has 0 spiro atoms. The van der Waals surface area contributed by atoms with Crippen molar-refractivity contribution in [3.8, 4) is 0 Å². The molecule has 2 aromatic carbocycles. The largest absolute Gasteiger partial charge is 0.338 e. The van der Waals surface area contributed by atoms with E-state index in [1.165, 1.54) is 0 Å². The van der Waals surface area contributed by atoms with Gasteiger partial charge in [-0.3, -0.25) is 0 Å². The molecule has 0 amide bonds. The van der Waals surface area contributed by atoms with Gasteiger partial charge in [0.1, 0.15) is 5.52 Å². The smallest absolute Gasteiger partial charge is 0.265 e. The quantitative estimate of drug-likeness (QED) is 0.253. The second-order valence-electron chi connectivity index (χ2n) is 5.07. The number of H-pyrrole nitrogens is 1. The molecule has 0 radical (unpaired) electrons. The number of hydrazone groups is 1. The third-order valence-electron chi connectivity index (χ3n) is 3.40. The van der Waals surface area contributed by atoms with Crippen LogP contribution in [0.3, 0.4) is 0 Å². The van der Waals surface area contributed by atoms with Crippen LogP contribution in [0.4, 0.5) is 5.95 Å². The first-order chi connectivity index (χ1) is 11.7. The molecular weight excluding hydrogens is 483 g/mol. The van der Waals surface area contributed by atoms with E-state index in [1.54, 1.807) is 6.21 Å². The number of benzene rings is 2. The summed E-state index contributed by atoms with van der Waals surface area (Å²) in [4.78, 5) is 7.65. The Morgan fingerprint density at radius 3 is 2.96 bits per heavy atom. The first kappa shape index (κ1) is 15.5. The number of aromatic nitrogens is 4. The lowest BCUT2D eigenvalue weighted by Gasteiger charge is -1.97. The van der Waals surface area contributed by atoms with E-state index in [2.05, 4.69) is 69.2 Å². The maximum atomic E-state index is 4.42. The fourth-order valence-corrected chi connectivity index (χ4v) is 3.27. The van der Waals surface area contributed by atoms with Gasteiger partial charge in [0.05, 0.1) is 6.21 Å². The van der Waals surface area contributed by atoms with E-state index in [0.717, 1.165) is 30.0 Å². The summed E-state index contributed by atoms with van der Waals surface area (Å²) in [5.41, 5.74) is 6.19. The van der Waals surface area contributed by atoms with Gasteiger partial charge in [0, 0.05) is 18.9 Å². The Morgan fingerprint density at radius 1 is 1.17 bits per heavy atom. The summed E-state index contributed by atoms with van der Waals surface area (Å²) in [6, 6.07) is 14.0. The van der Waals surface area contributed by atoms with Gasteiger partial charge in [0.15, 0.2) is 5.65 Å². The molecule has 8 heteroatoms. The molecule has 0 saturated heterocycles. The molecule has 0 unspecified atom stereocenters. The predicted molar refractivity (Wildman–Crippen MR) is 107 cm³/mol. The van der Waals surface area contributed by atoms with Crippen LogP contribution in [-0.4, -0.2) is 26.4 Å². The Hall–Kier alpha value is -2.07. The van der Waals surface area contributed by atoms with E-state index < -0.39 is 0 Å². The first-order valence-corrected chi connectivity index (χ1v) is 8.92. The van der Waals surface area contributed by atoms with Crippen molar-refractivity contribution < 1.29 is 0 Å². The number of hydrogen-bond acceptors (Lipinski definition) is 5. The molecule has 0 fully saturated rings. The fourth-order valence-electron chi connectivity index (χ4n) is 2.34. The second kappa shape index (κ2) is 6.44. The van der Waals surface area contributed by atoms with Crippen molar-refractivity contribution in [1.82, 2.24) is 20.2 Å². The van der Waals surface area contributed by atoms with Crippen LogP contribution in [-0.2, 0) is 0 Å². The summed E-state index contributed by atoms with van der Waals surface area (Å²) in [5.74, 6) is 0.343. The van der Waals surface area contributed by atoms with Crippen LogP contribution in [0.15, 0.2) is 52.0 Å². The molecule has 118 valence electrons. The van der Waals surface area contributed by atoms with Gasteiger partial charge in [0.2, 0.25) is 0 Å². The molecule has 0 aliphatic rings. The van der Waals surface area contributed by atoms with Crippen LogP contribution in [0.5, 0.6) is 0 Å². The summed E-state index contributed by atoms with van der Waals surface area (Å²) in [5, 5.41) is 13.5. The molecule has 2 N–H and O–H groups in total. The highest BCUT2D eigenvalue weighted by Crippen LogP contribution is 2.25. The predicted octanol–water partition coefficient (Wildman–Crippen LogP) is 4.32. The van der Waals surface area contributed by atoms with Gasteiger partial charge in [0.25, 0.3) is 5.95 Å². The number of nitrogens with zero attached hydrogens (tertiary/aromatic N) is 4. The van der Waals surface area contributed by atoms with E-state index in [9.17, 15) is 0 Å². The molecule has 0 atom stereocenters. The van der Waals surface area contributed by atoms with Gasteiger partial charge in [-0.15, -0.1) is 10.2 Å². The third-order valence-corrected chi connectivity index (χ3v) is 4.57. The third kappa shape index (κ3) is 3.11. The summed E-state index contributed by atoms with van der Waals surface area (Å²) >= 11 is 5.73. The van der Waals surface area contributed by atoms with E-state index >= 15 is 0 Å². The molecule has 2 heterocycles. The van der Waals surface area contributed by atoms with Crippen molar-refractivity contribution in [2.24, 2.45) is 5.10 Å². The Balaban J connectivity index is 1.62. The van der Waals surface area contributed by atoms with Crippen LogP contribution in [0.25, 0.3) is 22.1 Å². The van der Waals surface area contributed by atoms with Crippen molar-refractivity contribution in [2.45, 2.75) is 0 Å². The van der Waals surface area contributed by atoms with Gasteiger partial charge >= 0.3 is 0 Å². The van der Waals surface area contributed by atoms with Crippen LogP contribution < -0.4 is 5.43 Å². The molecule has 4 rings (SSSR count). The second-order valence-corrected chi connectivity index (χ2v) is 7.23. The number of nitrogens with one attached hydrogen (secondary N) is 2. The van der Waals surface area contributed by atoms with Gasteiger partial charge in [-0.1, -0.05) is 28.1 Å². The number of aromatic amines is 1. The number of fused-ring (bicyclic) bond motifs is 3. The van der Waals surface area contributed by atoms with Gasteiger partial charge in [-0.2, -0.15) is 10.1 Å². The van der Waals surface area contributed by atoms with Gasteiger partial charge < -0.3 is 4.98 Å². The van der Waals surface area contributed by atoms with E-state index in [1.807, 2.05) is 42.5 Å². The van der Waals surface area contributed by atoms with Gasteiger partial charge in [-0.05, 0) is 58.5 Å². The summed E-state index contributed by atoms with van der Waals surface area (Å²) in [7, 11) is 0. The standard InChI is InChI=1S/C16H10BrIN6/c17-10-4-5-13-12(7-10)14-15(20-13)21-16(24-22-14)23-19-8-9-2-1-3-11(18)6-9/h1-8H,(H2,20,21,23,24).